The van der Waals surface area contributed by atoms with Gasteiger partial charge < -0.3 is 20.4 Å². The molecule has 7 nitrogen and oxygen atoms in total. The molecule has 1 aromatic rings. The predicted octanol–water partition coefficient (Wildman–Crippen LogP) is 1.37. The number of hydrogen-bond acceptors (Lipinski definition) is 4. The number of aliphatic imine (C=N–C) groups is 1. The molecule has 1 aliphatic carbocycles. The monoisotopic (exact) mass is 375 g/mol. The number of carbonyl (C=O) groups excluding carboxylic acids is 1. The van der Waals surface area contributed by atoms with E-state index in [-0.39, 0.29) is 11.8 Å². The van der Waals surface area contributed by atoms with Crippen LogP contribution >= 0.6 is 0 Å². The average Bonchev–Trinajstić information content (AvgIpc) is 3.21. The summed E-state index contributed by atoms with van der Waals surface area (Å²) in [5.74, 6) is 2.22. The number of amides is 1. The van der Waals surface area contributed by atoms with Crippen LogP contribution in [-0.4, -0.2) is 62.1 Å². The Balaban J connectivity index is 1.44. The zero-order chi connectivity index (χ0) is 18.9. The number of nitrogens with zero attached hydrogens (tertiary/aromatic N) is 2. The van der Waals surface area contributed by atoms with Crippen LogP contribution in [0.1, 0.15) is 38.4 Å². The summed E-state index contributed by atoms with van der Waals surface area (Å²) in [6.45, 7) is 7.34. The fraction of sp³-hybridized carbons (Fsp3) is 0.700. The van der Waals surface area contributed by atoms with Gasteiger partial charge in [0.15, 0.2) is 5.96 Å². The van der Waals surface area contributed by atoms with Crippen molar-refractivity contribution < 1.29 is 9.21 Å². The Morgan fingerprint density at radius 2 is 2.04 bits per heavy atom. The molecule has 0 spiro atoms. The van der Waals surface area contributed by atoms with Crippen LogP contribution in [0.3, 0.4) is 0 Å². The Labute approximate surface area is 162 Å². The molecule has 0 bridgehead atoms. The van der Waals surface area contributed by atoms with Crippen molar-refractivity contribution in [2.45, 2.75) is 45.1 Å². The molecule has 3 N–H and O–H groups in total. The van der Waals surface area contributed by atoms with Gasteiger partial charge in [-0.2, -0.15) is 0 Å². The highest BCUT2D eigenvalue weighted by atomic mass is 16.3. The summed E-state index contributed by atoms with van der Waals surface area (Å²) >= 11 is 0. The first kappa shape index (κ1) is 19.7. The lowest BCUT2D eigenvalue weighted by molar-refractivity contribution is -0.122. The Hall–Kier alpha value is -2.02. The highest BCUT2D eigenvalue weighted by molar-refractivity contribution is 5.81. The molecule has 7 heteroatoms. The molecule has 2 aliphatic rings. The van der Waals surface area contributed by atoms with E-state index in [1.807, 2.05) is 12.1 Å². The first-order chi connectivity index (χ1) is 13.3. The third kappa shape index (κ3) is 6.57. The molecule has 27 heavy (non-hydrogen) atoms. The minimum atomic E-state index is 0.186. The van der Waals surface area contributed by atoms with Crippen LogP contribution in [0.5, 0.6) is 0 Å². The summed E-state index contributed by atoms with van der Waals surface area (Å²) in [5, 5.41) is 9.72. The van der Waals surface area contributed by atoms with Crippen LogP contribution in [-0.2, 0) is 11.2 Å². The van der Waals surface area contributed by atoms with Crippen molar-refractivity contribution in [3.63, 3.8) is 0 Å². The molecule has 0 aromatic carbocycles. The third-order valence-corrected chi connectivity index (χ3v) is 5.27. The number of furan rings is 1. The van der Waals surface area contributed by atoms with Crippen molar-refractivity contribution in [1.82, 2.24) is 20.9 Å². The molecule has 1 saturated heterocycles. The minimum Gasteiger partial charge on any atom is -0.469 e. The summed E-state index contributed by atoms with van der Waals surface area (Å²) in [6, 6.07) is 4.43. The van der Waals surface area contributed by atoms with Crippen LogP contribution < -0.4 is 16.0 Å². The van der Waals surface area contributed by atoms with E-state index in [1.165, 1.54) is 19.4 Å². The van der Waals surface area contributed by atoms with Crippen molar-refractivity contribution in [1.29, 1.82) is 0 Å². The van der Waals surface area contributed by atoms with E-state index in [1.54, 1.807) is 6.26 Å². The van der Waals surface area contributed by atoms with Crippen LogP contribution in [0.15, 0.2) is 27.8 Å². The van der Waals surface area contributed by atoms with E-state index in [2.05, 4.69) is 27.8 Å². The van der Waals surface area contributed by atoms with E-state index in [4.69, 9.17) is 9.41 Å². The van der Waals surface area contributed by atoms with Gasteiger partial charge in [-0.05, 0) is 50.9 Å². The zero-order valence-electron chi connectivity index (χ0n) is 16.4. The van der Waals surface area contributed by atoms with Crippen molar-refractivity contribution in [3.05, 3.63) is 24.2 Å². The predicted molar refractivity (Wildman–Crippen MR) is 107 cm³/mol. The molecule has 150 valence electrons. The van der Waals surface area contributed by atoms with Gasteiger partial charge in [0.25, 0.3) is 0 Å². The molecule has 1 aromatic heterocycles. The van der Waals surface area contributed by atoms with E-state index >= 15 is 0 Å². The van der Waals surface area contributed by atoms with Gasteiger partial charge in [-0.15, -0.1) is 0 Å². The van der Waals surface area contributed by atoms with Crippen molar-refractivity contribution in [3.8, 4) is 0 Å². The van der Waals surface area contributed by atoms with Gasteiger partial charge in [-0.1, -0.05) is 6.92 Å². The molecule has 1 saturated carbocycles. The highest BCUT2D eigenvalue weighted by Gasteiger charge is 2.29. The van der Waals surface area contributed by atoms with Gasteiger partial charge in [0.2, 0.25) is 5.91 Å². The smallest absolute Gasteiger partial charge is 0.223 e. The normalized spacial score (nSPS) is 20.6. The van der Waals surface area contributed by atoms with Gasteiger partial charge in [-0.3, -0.25) is 14.7 Å². The van der Waals surface area contributed by atoms with E-state index in [0.717, 1.165) is 50.6 Å². The number of guanidine groups is 1. The van der Waals surface area contributed by atoms with Crippen LogP contribution in [0.4, 0.5) is 0 Å². The molecule has 2 fully saturated rings. The molecule has 1 aliphatic heterocycles. The minimum absolute atomic E-state index is 0.186. The summed E-state index contributed by atoms with van der Waals surface area (Å²) < 4.78 is 5.38. The Morgan fingerprint density at radius 1 is 1.22 bits per heavy atom. The first-order valence-electron chi connectivity index (χ1n) is 10.3. The van der Waals surface area contributed by atoms with Gasteiger partial charge in [0, 0.05) is 38.0 Å². The largest absolute Gasteiger partial charge is 0.469 e. The maximum atomic E-state index is 11.7. The van der Waals surface area contributed by atoms with Gasteiger partial charge in [-0.25, -0.2) is 0 Å². The Bertz CT molecular complexity index is 598. The second kappa shape index (κ2) is 10.3. The number of nitrogens with one attached hydrogen (secondary N) is 3. The van der Waals surface area contributed by atoms with Gasteiger partial charge in [0.1, 0.15) is 5.76 Å². The molecular formula is C20H33N5O2. The lowest BCUT2D eigenvalue weighted by atomic mass is 10.2. The standard InChI is InChI=1S/C20H33N5O2/c1-2-25-13-3-5-17(25)15-24-20(22-10-9-18-6-4-14-27-18)23-12-11-21-19(26)16-7-8-16/h4,6,14,16-17H,2-3,5,7-13,15H2,1H3,(H,21,26)(H2,22,23,24). The lowest BCUT2D eigenvalue weighted by Crippen LogP contribution is -2.43. The number of hydrogen-bond donors (Lipinski definition) is 3. The lowest BCUT2D eigenvalue weighted by Gasteiger charge is -2.21. The van der Waals surface area contributed by atoms with E-state index < -0.39 is 0 Å². The number of likely N-dealkylation sites (tertiary alicyclic amines) is 1. The molecule has 1 unspecified atom stereocenters. The van der Waals surface area contributed by atoms with Gasteiger partial charge >= 0.3 is 0 Å². The molecule has 1 amide bonds. The quantitative estimate of drug-likeness (QED) is 0.327. The Kier molecular flexibility index (Phi) is 7.56. The van der Waals surface area contributed by atoms with Crippen LogP contribution in [0.25, 0.3) is 0 Å². The summed E-state index contributed by atoms with van der Waals surface area (Å²) in [6.07, 6.45) is 7.07. The fourth-order valence-corrected chi connectivity index (χ4v) is 3.50. The molecular weight excluding hydrogens is 342 g/mol. The van der Waals surface area contributed by atoms with Crippen molar-refractivity contribution in [2.24, 2.45) is 10.9 Å². The Morgan fingerprint density at radius 3 is 2.78 bits per heavy atom. The highest BCUT2D eigenvalue weighted by Crippen LogP contribution is 2.28. The van der Waals surface area contributed by atoms with Crippen LogP contribution in [0.2, 0.25) is 0 Å². The molecule has 3 rings (SSSR count). The van der Waals surface area contributed by atoms with E-state index in [0.29, 0.717) is 19.1 Å². The second-order valence-corrected chi connectivity index (χ2v) is 7.36. The fourth-order valence-electron chi connectivity index (χ4n) is 3.50. The average molecular weight is 376 g/mol. The van der Waals surface area contributed by atoms with Crippen molar-refractivity contribution in [2.75, 3.05) is 39.3 Å². The number of likely N-dealkylation sites (N-methyl/N-ethyl adjacent to an activating group) is 1. The number of carbonyl (C=O) groups is 1. The SMILES string of the molecule is CCN1CCCC1CN=C(NCCNC(=O)C1CC1)NCCc1ccco1. The summed E-state index contributed by atoms with van der Waals surface area (Å²) in [5.41, 5.74) is 0. The summed E-state index contributed by atoms with van der Waals surface area (Å²) in [4.78, 5) is 19.0. The second-order valence-electron chi connectivity index (χ2n) is 7.36. The third-order valence-electron chi connectivity index (χ3n) is 5.27. The molecule has 0 radical (unpaired) electrons. The maximum absolute atomic E-state index is 11.7. The zero-order valence-corrected chi connectivity index (χ0v) is 16.4. The van der Waals surface area contributed by atoms with Gasteiger partial charge in [0.05, 0.1) is 12.8 Å². The van der Waals surface area contributed by atoms with Crippen molar-refractivity contribution >= 4 is 11.9 Å². The first-order valence-corrected chi connectivity index (χ1v) is 10.3. The topological polar surface area (TPSA) is 81.9 Å². The molecule has 1 atom stereocenters. The van der Waals surface area contributed by atoms with E-state index in [9.17, 15) is 4.79 Å². The van der Waals surface area contributed by atoms with Crippen LogP contribution in [0, 0.1) is 5.92 Å². The number of rotatable bonds is 10. The molecule has 2 heterocycles. The maximum Gasteiger partial charge on any atom is 0.223 e. The summed E-state index contributed by atoms with van der Waals surface area (Å²) in [7, 11) is 0.